The van der Waals surface area contributed by atoms with Gasteiger partial charge in [-0.15, -0.1) is 0 Å². The third-order valence-electron chi connectivity index (χ3n) is 3.69. The fourth-order valence-electron chi connectivity index (χ4n) is 2.52. The summed E-state index contributed by atoms with van der Waals surface area (Å²) in [4.78, 5) is 11.8. The Kier molecular flexibility index (Phi) is 5.04. The summed E-state index contributed by atoms with van der Waals surface area (Å²) < 4.78 is 0. The van der Waals surface area contributed by atoms with E-state index < -0.39 is 0 Å². The van der Waals surface area contributed by atoms with Gasteiger partial charge in [-0.3, -0.25) is 0 Å². The lowest BCUT2D eigenvalue weighted by Gasteiger charge is -2.17. The first-order chi connectivity index (χ1) is 9.65. The number of nitrogen functional groups attached to an aromatic ring is 1. The molecule has 1 aliphatic carbocycles. The Balaban J connectivity index is 1.82. The third kappa shape index (κ3) is 4.30. The second-order valence-corrected chi connectivity index (χ2v) is 5.45. The Morgan fingerprint density at radius 1 is 1.30 bits per heavy atom. The number of nitrogens with one attached hydrogen (secondary N) is 2. The van der Waals surface area contributed by atoms with Crippen LogP contribution in [0.3, 0.4) is 0 Å². The minimum Gasteiger partial charge on any atom is -0.397 e. The zero-order valence-corrected chi connectivity index (χ0v) is 12.0. The van der Waals surface area contributed by atoms with Crippen LogP contribution in [0, 0.1) is 12.8 Å². The molecule has 1 aliphatic rings. The van der Waals surface area contributed by atoms with Crippen molar-refractivity contribution in [1.82, 2.24) is 5.32 Å². The Hall–Kier alpha value is -1.97. The van der Waals surface area contributed by atoms with Crippen LogP contribution in [0.25, 0.3) is 0 Å². The maximum atomic E-state index is 11.8. The molecule has 0 aromatic heterocycles. The van der Waals surface area contributed by atoms with E-state index in [4.69, 9.17) is 5.73 Å². The van der Waals surface area contributed by atoms with Crippen molar-refractivity contribution in [3.63, 3.8) is 0 Å². The van der Waals surface area contributed by atoms with Crippen molar-refractivity contribution in [2.24, 2.45) is 5.92 Å². The van der Waals surface area contributed by atoms with Gasteiger partial charge in [0.2, 0.25) is 0 Å². The number of aryl methyl sites for hydroxylation is 1. The molecule has 0 radical (unpaired) electrons. The first-order valence-corrected chi connectivity index (χ1v) is 7.25. The number of nitrogens with two attached hydrogens (primary N) is 1. The number of amides is 2. The molecule has 0 aliphatic heterocycles. The highest BCUT2D eigenvalue weighted by Gasteiger charge is 2.10. The lowest BCUT2D eigenvalue weighted by molar-refractivity contribution is 0.255. The number of allylic oxidation sites excluding steroid dienone is 1. The number of hydrogen-bond donors (Lipinski definition) is 3. The molecule has 4 nitrogen and oxygen atoms in total. The van der Waals surface area contributed by atoms with Crippen molar-refractivity contribution in [1.29, 1.82) is 0 Å². The van der Waals surface area contributed by atoms with Gasteiger partial charge in [0.15, 0.2) is 0 Å². The predicted molar refractivity (Wildman–Crippen MR) is 83.5 cm³/mol. The molecule has 1 aromatic carbocycles. The van der Waals surface area contributed by atoms with Crippen molar-refractivity contribution in [3.05, 3.63) is 36.0 Å². The summed E-state index contributed by atoms with van der Waals surface area (Å²) in [6.07, 6.45) is 10.2. The number of hydrogen-bond acceptors (Lipinski definition) is 2. The quantitative estimate of drug-likeness (QED) is 0.733. The van der Waals surface area contributed by atoms with Crippen molar-refractivity contribution < 1.29 is 4.79 Å². The standard InChI is InChI=1S/C16H23N3O/c1-12-7-8-14(17)15(11-12)19-16(20)18-10-9-13-5-3-2-4-6-13/h7-11,13H,2-6,17H2,1H3,(H2,18,19,20)/b10-9+. The van der Waals surface area contributed by atoms with Gasteiger partial charge in [0, 0.05) is 6.20 Å². The highest BCUT2D eigenvalue weighted by molar-refractivity contribution is 5.93. The molecule has 2 rings (SSSR count). The van der Waals surface area contributed by atoms with Crippen molar-refractivity contribution in [3.8, 4) is 0 Å². The van der Waals surface area contributed by atoms with E-state index in [1.807, 2.05) is 19.1 Å². The number of anilines is 2. The van der Waals surface area contributed by atoms with E-state index >= 15 is 0 Å². The maximum absolute atomic E-state index is 11.8. The smallest absolute Gasteiger partial charge is 0.323 e. The lowest BCUT2D eigenvalue weighted by Crippen LogP contribution is -2.24. The highest BCUT2D eigenvalue weighted by atomic mass is 16.2. The van der Waals surface area contributed by atoms with E-state index in [-0.39, 0.29) is 6.03 Å². The molecule has 0 atom stereocenters. The normalized spacial score (nSPS) is 16.2. The molecular formula is C16H23N3O. The van der Waals surface area contributed by atoms with E-state index in [2.05, 4.69) is 16.7 Å². The van der Waals surface area contributed by atoms with E-state index in [1.165, 1.54) is 32.1 Å². The van der Waals surface area contributed by atoms with Gasteiger partial charge >= 0.3 is 6.03 Å². The van der Waals surface area contributed by atoms with Crippen LogP contribution < -0.4 is 16.4 Å². The van der Waals surface area contributed by atoms with Gasteiger partial charge in [-0.05, 0) is 43.4 Å². The minimum atomic E-state index is -0.255. The first-order valence-electron chi connectivity index (χ1n) is 7.25. The van der Waals surface area contributed by atoms with Gasteiger partial charge in [-0.1, -0.05) is 31.4 Å². The first kappa shape index (κ1) is 14.4. The van der Waals surface area contributed by atoms with Gasteiger partial charge in [0.25, 0.3) is 0 Å². The summed E-state index contributed by atoms with van der Waals surface area (Å²) in [5.41, 5.74) is 8.10. The molecule has 1 saturated carbocycles. The zero-order chi connectivity index (χ0) is 14.4. The van der Waals surface area contributed by atoms with Gasteiger partial charge < -0.3 is 16.4 Å². The van der Waals surface area contributed by atoms with Crippen LogP contribution in [0.4, 0.5) is 16.2 Å². The van der Waals surface area contributed by atoms with E-state index in [0.717, 1.165) is 5.56 Å². The number of benzene rings is 1. The third-order valence-corrected chi connectivity index (χ3v) is 3.69. The molecule has 108 valence electrons. The average Bonchev–Trinajstić information content (AvgIpc) is 2.44. The van der Waals surface area contributed by atoms with Crippen LogP contribution in [0.2, 0.25) is 0 Å². The molecular weight excluding hydrogens is 250 g/mol. The molecule has 0 heterocycles. The molecule has 20 heavy (non-hydrogen) atoms. The van der Waals surface area contributed by atoms with Crippen LogP contribution in [-0.2, 0) is 0 Å². The summed E-state index contributed by atoms with van der Waals surface area (Å²) in [6.45, 7) is 1.96. The van der Waals surface area contributed by atoms with Crippen molar-refractivity contribution >= 4 is 17.4 Å². The van der Waals surface area contributed by atoms with E-state index in [0.29, 0.717) is 17.3 Å². The number of carbonyl (C=O) groups excluding carboxylic acids is 1. The van der Waals surface area contributed by atoms with Gasteiger partial charge in [0.1, 0.15) is 0 Å². The number of carbonyl (C=O) groups is 1. The van der Waals surface area contributed by atoms with Crippen LogP contribution in [-0.4, -0.2) is 6.03 Å². The molecule has 4 heteroatoms. The SMILES string of the molecule is Cc1ccc(N)c(NC(=O)N/C=C/C2CCCCC2)c1. The Bertz CT molecular complexity index is 490. The Labute approximate surface area is 120 Å². The molecule has 2 amide bonds. The molecule has 0 saturated heterocycles. The molecule has 4 N–H and O–H groups in total. The summed E-state index contributed by atoms with van der Waals surface area (Å²) in [6, 6.07) is 5.32. The van der Waals surface area contributed by atoms with Crippen LogP contribution in [0.1, 0.15) is 37.7 Å². The fraction of sp³-hybridized carbons (Fsp3) is 0.438. The van der Waals surface area contributed by atoms with Gasteiger partial charge in [-0.2, -0.15) is 0 Å². The molecule has 0 spiro atoms. The van der Waals surface area contributed by atoms with Gasteiger partial charge in [0.05, 0.1) is 11.4 Å². The van der Waals surface area contributed by atoms with Crippen LogP contribution >= 0.6 is 0 Å². The predicted octanol–water partition coefficient (Wildman–Crippen LogP) is 3.79. The summed E-state index contributed by atoms with van der Waals surface area (Å²) in [5, 5.41) is 5.50. The second kappa shape index (κ2) is 6.98. The zero-order valence-electron chi connectivity index (χ0n) is 12.0. The molecule has 1 aromatic rings. The summed E-state index contributed by atoms with van der Waals surface area (Å²) >= 11 is 0. The molecule has 0 bridgehead atoms. The average molecular weight is 273 g/mol. The Morgan fingerprint density at radius 2 is 2.05 bits per heavy atom. The van der Waals surface area contributed by atoms with Crippen LogP contribution in [0.15, 0.2) is 30.5 Å². The van der Waals surface area contributed by atoms with Gasteiger partial charge in [-0.25, -0.2) is 4.79 Å². The van der Waals surface area contributed by atoms with Crippen molar-refractivity contribution in [2.75, 3.05) is 11.1 Å². The van der Waals surface area contributed by atoms with Crippen molar-refractivity contribution in [2.45, 2.75) is 39.0 Å². The highest BCUT2D eigenvalue weighted by Crippen LogP contribution is 2.24. The van der Waals surface area contributed by atoms with Crippen LogP contribution in [0.5, 0.6) is 0 Å². The lowest BCUT2D eigenvalue weighted by atomic mass is 9.89. The largest absolute Gasteiger partial charge is 0.397 e. The van der Waals surface area contributed by atoms with E-state index in [1.54, 1.807) is 12.3 Å². The Morgan fingerprint density at radius 3 is 2.80 bits per heavy atom. The molecule has 1 fully saturated rings. The molecule has 0 unspecified atom stereocenters. The summed E-state index contributed by atoms with van der Waals surface area (Å²) in [7, 11) is 0. The maximum Gasteiger partial charge on any atom is 0.323 e. The fourth-order valence-corrected chi connectivity index (χ4v) is 2.52. The monoisotopic (exact) mass is 273 g/mol. The number of urea groups is 1. The topological polar surface area (TPSA) is 67.1 Å². The second-order valence-electron chi connectivity index (χ2n) is 5.45. The van der Waals surface area contributed by atoms with E-state index in [9.17, 15) is 4.79 Å². The summed E-state index contributed by atoms with van der Waals surface area (Å²) in [5.74, 6) is 0.605. The minimum absolute atomic E-state index is 0.255. The number of rotatable bonds is 3.